The van der Waals surface area contributed by atoms with E-state index in [4.69, 9.17) is 5.73 Å². The normalized spacial score (nSPS) is 20.0. The lowest BCUT2D eigenvalue weighted by atomic mass is 9.94. The highest BCUT2D eigenvalue weighted by molar-refractivity contribution is 6.05. The monoisotopic (exact) mass is 388 g/mol. The second-order valence-corrected chi connectivity index (χ2v) is 6.82. The molecule has 0 bridgehead atoms. The van der Waals surface area contributed by atoms with Crippen LogP contribution >= 0.6 is 0 Å². The zero-order valence-corrected chi connectivity index (χ0v) is 14.7. The number of urea groups is 1. The maximum absolute atomic E-state index is 13.1. The highest BCUT2D eigenvalue weighted by Gasteiger charge is 2.45. The molecule has 8 heteroatoms. The van der Waals surface area contributed by atoms with Gasteiger partial charge < -0.3 is 5.73 Å². The number of alkyl halides is 3. The summed E-state index contributed by atoms with van der Waals surface area (Å²) in [5, 5.41) is 1.38. The van der Waals surface area contributed by atoms with Gasteiger partial charge in [0.1, 0.15) is 0 Å². The Balaban J connectivity index is 1.81. The van der Waals surface area contributed by atoms with Crippen LogP contribution in [0.25, 0.3) is 0 Å². The van der Waals surface area contributed by atoms with E-state index in [0.717, 1.165) is 17.7 Å². The van der Waals surface area contributed by atoms with Crippen LogP contribution in [0.3, 0.4) is 0 Å². The lowest BCUT2D eigenvalue weighted by molar-refractivity contribution is -0.592. The van der Waals surface area contributed by atoms with Crippen molar-refractivity contribution in [2.75, 3.05) is 10.6 Å². The third-order valence-electron chi connectivity index (χ3n) is 5.04. The first kappa shape index (κ1) is 18.2. The summed E-state index contributed by atoms with van der Waals surface area (Å²) in [6.45, 7) is 0. The lowest BCUT2D eigenvalue weighted by Crippen LogP contribution is -2.93. The zero-order chi connectivity index (χ0) is 20.1. The summed E-state index contributed by atoms with van der Waals surface area (Å²) in [4.78, 5) is 26.6. The van der Waals surface area contributed by atoms with Crippen molar-refractivity contribution in [1.29, 1.82) is 0 Å². The summed E-state index contributed by atoms with van der Waals surface area (Å²) in [7, 11) is 0. The second-order valence-electron chi connectivity index (χ2n) is 6.82. The predicted octanol–water partition coefficient (Wildman–Crippen LogP) is 3.15. The first-order chi connectivity index (χ1) is 13.3. The molecule has 2 aromatic carbocycles. The van der Waals surface area contributed by atoms with Gasteiger partial charge in [0.25, 0.3) is 0 Å². The van der Waals surface area contributed by atoms with Crippen LogP contribution in [0.1, 0.15) is 30.0 Å². The van der Waals surface area contributed by atoms with Crippen molar-refractivity contribution in [3.8, 4) is 0 Å². The molecule has 1 heterocycles. The molecule has 144 valence electrons. The number of nitrogens with zero attached hydrogens (tertiary/aromatic N) is 1. The first-order valence-corrected chi connectivity index (χ1v) is 8.73. The van der Waals surface area contributed by atoms with Gasteiger partial charge in [0.15, 0.2) is 11.8 Å². The lowest BCUT2D eigenvalue weighted by Gasteiger charge is -2.30. The molecular formula is C20H17F3N3O2+. The van der Waals surface area contributed by atoms with Gasteiger partial charge in [0.05, 0.1) is 16.8 Å². The molecule has 0 saturated carbocycles. The van der Waals surface area contributed by atoms with Gasteiger partial charge in [-0.25, -0.2) is 9.69 Å². The predicted molar refractivity (Wildman–Crippen MR) is 96.1 cm³/mol. The number of benzene rings is 2. The van der Waals surface area contributed by atoms with Crippen LogP contribution in [-0.2, 0) is 11.0 Å². The van der Waals surface area contributed by atoms with E-state index < -0.39 is 23.8 Å². The van der Waals surface area contributed by atoms with Crippen LogP contribution in [0.2, 0.25) is 0 Å². The number of anilines is 2. The van der Waals surface area contributed by atoms with Gasteiger partial charge in [-0.05, 0) is 36.8 Å². The van der Waals surface area contributed by atoms with Crippen LogP contribution in [0.15, 0.2) is 59.8 Å². The molecule has 1 unspecified atom stereocenters. The van der Waals surface area contributed by atoms with Gasteiger partial charge >= 0.3 is 12.2 Å². The molecular weight excluding hydrogens is 371 g/mol. The second kappa shape index (κ2) is 6.49. The molecule has 0 saturated heterocycles. The molecule has 1 aliphatic carbocycles. The molecule has 4 rings (SSSR count). The van der Waals surface area contributed by atoms with Crippen molar-refractivity contribution in [2.24, 2.45) is 0 Å². The van der Waals surface area contributed by atoms with Gasteiger partial charge in [0, 0.05) is 23.4 Å². The van der Waals surface area contributed by atoms with E-state index in [2.05, 4.69) is 0 Å². The van der Waals surface area contributed by atoms with E-state index in [9.17, 15) is 22.8 Å². The molecule has 2 aliphatic rings. The Kier molecular flexibility index (Phi) is 4.23. The zero-order valence-electron chi connectivity index (χ0n) is 14.7. The van der Waals surface area contributed by atoms with E-state index in [1.165, 1.54) is 22.3 Å². The summed E-state index contributed by atoms with van der Waals surface area (Å²) in [5.74, 6) is -0.0995. The fourth-order valence-corrected chi connectivity index (χ4v) is 3.75. The number of halogens is 3. The Bertz CT molecular complexity index is 997. The fraction of sp³-hybridized carbons (Fsp3) is 0.200. The van der Waals surface area contributed by atoms with Crippen molar-refractivity contribution in [3.05, 3.63) is 70.9 Å². The Morgan fingerprint density at radius 2 is 1.75 bits per heavy atom. The quantitative estimate of drug-likeness (QED) is 0.776. The van der Waals surface area contributed by atoms with Crippen LogP contribution in [-0.4, -0.2) is 11.8 Å². The van der Waals surface area contributed by atoms with Crippen molar-refractivity contribution in [2.45, 2.75) is 25.1 Å². The number of carbonyl (C=O) groups excluding carboxylic acids is 2. The number of rotatable bonds is 2. The van der Waals surface area contributed by atoms with Crippen LogP contribution < -0.4 is 16.0 Å². The highest BCUT2D eigenvalue weighted by atomic mass is 19.4. The smallest absolute Gasteiger partial charge is 0.399 e. The molecule has 28 heavy (non-hydrogen) atoms. The average molecular weight is 388 g/mol. The summed E-state index contributed by atoms with van der Waals surface area (Å²) in [6, 6.07) is 10.5. The molecule has 4 N–H and O–H groups in total. The Hall–Kier alpha value is -3.13. The van der Waals surface area contributed by atoms with Gasteiger partial charge in [-0.1, -0.05) is 18.2 Å². The van der Waals surface area contributed by atoms with E-state index in [-0.39, 0.29) is 17.9 Å². The molecule has 1 atom stereocenters. The maximum Gasteiger partial charge on any atom is 0.425 e. The molecule has 2 aromatic rings. The molecule has 5 nitrogen and oxygen atoms in total. The average Bonchev–Trinajstić information content (AvgIpc) is 3.03. The number of hydrogen-bond donors (Lipinski definition) is 2. The topological polar surface area (TPSA) is 80.0 Å². The number of Topliss-reactive ketones (excluding diaryl/α,β-unsaturated/α-hetero) is 1. The number of carbonyl (C=O) groups is 2. The first-order valence-electron chi connectivity index (χ1n) is 8.73. The molecule has 0 fully saturated rings. The third kappa shape index (κ3) is 3.05. The summed E-state index contributed by atoms with van der Waals surface area (Å²) in [5.41, 5.74) is 7.21. The standard InChI is InChI=1S/C20H16F3N3O2/c21-20(22,23)12-2-1-3-14(10-12)26-15-8-9-16(27)17(15)18(25-19(26)28)11-4-6-13(24)7-5-11/h1-7,10,18H,8-9,24H2,(H,25,28)/p+1. The summed E-state index contributed by atoms with van der Waals surface area (Å²) in [6.07, 6.45) is -3.98. The Morgan fingerprint density at radius 1 is 1.04 bits per heavy atom. The van der Waals surface area contributed by atoms with Crippen LogP contribution in [0.5, 0.6) is 0 Å². The number of quaternary nitrogens is 1. The number of hydrogen-bond acceptors (Lipinski definition) is 3. The van der Waals surface area contributed by atoms with Gasteiger partial charge in [-0.2, -0.15) is 13.2 Å². The number of primary amides is 1. The Labute approximate surface area is 158 Å². The molecule has 0 radical (unpaired) electrons. The van der Waals surface area contributed by atoms with E-state index in [0.29, 0.717) is 23.4 Å². The van der Waals surface area contributed by atoms with Crippen molar-refractivity contribution in [1.82, 2.24) is 0 Å². The number of ketones is 1. The van der Waals surface area contributed by atoms with Crippen LogP contribution in [0.4, 0.5) is 29.3 Å². The van der Waals surface area contributed by atoms with Crippen molar-refractivity contribution in [3.63, 3.8) is 0 Å². The molecule has 1 aliphatic heterocycles. The number of amides is 2. The van der Waals surface area contributed by atoms with E-state index in [1.807, 2.05) is 0 Å². The molecule has 0 aromatic heterocycles. The SMILES string of the molecule is Nc1ccc(C2[NH2+]C(=O)N(c3cccc(C(F)(F)F)c3)C3=C2C(=O)CC3)cc1. The minimum atomic E-state index is -4.52. The van der Waals surface area contributed by atoms with Crippen LogP contribution in [0, 0.1) is 0 Å². The summed E-state index contributed by atoms with van der Waals surface area (Å²) < 4.78 is 39.3. The summed E-state index contributed by atoms with van der Waals surface area (Å²) >= 11 is 0. The third-order valence-corrected chi connectivity index (χ3v) is 5.04. The van der Waals surface area contributed by atoms with Gasteiger partial charge in [0.2, 0.25) is 0 Å². The van der Waals surface area contributed by atoms with E-state index >= 15 is 0 Å². The maximum atomic E-state index is 13.1. The van der Waals surface area contributed by atoms with Crippen molar-refractivity contribution >= 4 is 23.2 Å². The van der Waals surface area contributed by atoms with Gasteiger partial charge in [-0.3, -0.25) is 10.1 Å². The van der Waals surface area contributed by atoms with E-state index in [1.54, 1.807) is 24.3 Å². The fourth-order valence-electron chi connectivity index (χ4n) is 3.75. The molecule has 0 spiro atoms. The number of nitrogen functional groups attached to an aromatic ring is 1. The Morgan fingerprint density at radius 3 is 2.43 bits per heavy atom. The number of allylic oxidation sites excluding steroid dienone is 1. The highest BCUT2D eigenvalue weighted by Crippen LogP contribution is 2.39. The van der Waals surface area contributed by atoms with Gasteiger partial charge in [-0.15, -0.1) is 0 Å². The minimum Gasteiger partial charge on any atom is -0.399 e. The largest absolute Gasteiger partial charge is 0.425 e. The molecule has 2 amide bonds. The number of nitrogens with two attached hydrogens (primary N) is 2. The minimum absolute atomic E-state index is 0.0995. The van der Waals surface area contributed by atoms with Crippen molar-refractivity contribution < 1.29 is 28.1 Å².